The van der Waals surface area contributed by atoms with Crippen molar-refractivity contribution in [2.75, 3.05) is 38.2 Å². The Labute approximate surface area is 162 Å². The van der Waals surface area contributed by atoms with Crippen LogP contribution in [0.1, 0.15) is 11.6 Å². The predicted molar refractivity (Wildman–Crippen MR) is 105 cm³/mol. The Morgan fingerprint density at radius 3 is 2.78 bits per heavy atom. The van der Waals surface area contributed by atoms with Gasteiger partial charge in [0.1, 0.15) is 18.0 Å². The first kappa shape index (κ1) is 18.1. The first-order valence-electron chi connectivity index (χ1n) is 8.93. The van der Waals surface area contributed by atoms with Crippen molar-refractivity contribution in [2.24, 2.45) is 0 Å². The lowest BCUT2D eigenvalue weighted by molar-refractivity contribution is 0.0187. The van der Waals surface area contributed by atoms with Crippen molar-refractivity contribution in [1.29, 1.82) is 0 Å². The number of ether oxygens (including phenoxy) is 1. The van der Waals surface area contributed by atoms with Gasteiger partial charge in [0, 0.05) is 30.0 Å². The Bertz CT molecular complexity index is 933. The second-order valence-corrected chi connectivity index (χ2v) is 6.86. The summed E-state index contributed by atoms with van der Waals surface area (Å²) in [5.74, 6) is 0.306. The second-order valence-electron chi connectivity index (χ2n) is 6.45. The molecule has 1 aromatic heterocycles. The lowest BCUT2D eigenvalue weighted by Crippen LogP contribution is -2.41. The molecule has 0 aliphatic carbocycles. The Kier molecular flexibility index (Phi) is 5.48. The van der Waals surface area contributed by atoms with Crippen molar-refractivity contribution in [2.45, 2.75) is 6.04 Å². The summed E-state index contributed by atoms with van der Waals surface area (Å²) in [6.07, 6.45) is 1.49. The molecule has 1 aliphatic heterocycles. The zero-order valence-electron chi connectivity index (χ0n) is 14.7. The van der Waals surface area contributed by atoms with Gasteiger partial charge in [0.25, 0.3) is 0 Å². The summed E-state index contributed by atoms with van der Waals surface area (Å²) in [7, 11) is 0. The van der Waals surface area contributed by atoms with E-state index in [2.05, 4.69) is 20.2 Å². The van der Waals surface area contributed by atoms with Crippen molar-refractivity contribution in [3.05, 3.63) is 65.2 Å². The highest BCUT2D eigenvalue weighted by Crippen LogP contribution is 2.29. The van der Waals surface area contributed by atoms with Crippen molar-refractivity contribution in [3.8, 4) is 0 Å². The molecule has 0 bridgehead atoms. The summed E-state index contributed by atoms with van der Waals surface area (Å²) in [6.45, 7) is 3.64. The van der Waals surface area contributed by atoms with E-state index in [1.807, 2.05) is 24.3 Å². The number of fused-ring (bicyclic) bond motifs is 1. The molecule has 0 saturated carbocycles. The van der Waals surface area contributed by atoms with Gasteiger partial charge in [-0.25, -0.2) is 14.4 Å². The van der Waals surface area contributed by atoms with Crippen LogP contribution in [0.3, 0.4) is 0 Å². The van der Waals surface area contributed by atoms with Crippen LogP contribution < -0.4 is 5.32 Å². The molecule has 27 heavy (non-hydrogen) atoms. The normalized spacial score (nSPS) is 16.4. The number of morpholine rings is 1. The fraction of sp³-hybridized carbons (Fsp3) is 0.300. The zero-order chi connectivity index (χ0) is 18.6. The van der Waals surface area contributed by atoms with Gasteiger partial charge in [-0.3, -0.25) is 4.90 Å². The number of benzene rings is 2. The van der Waals surface area contributed by atoms with Crippen LogP contribution in [0.2, 0.25) is 5.02 Å². The summed E-state index contributed by atoms with van der Waals surface area (Å²) >= 11 is 6.47. The Morgan fingerprint density at radius 1 is 1.15 bits per heavy atom. The van der Waals surface area contributed by atoms with E-state index < -0.39 is 0 Å². The lowest BCUT2D eigenvalue weighted by Gasteiger charge is -2.35. The Balaban J connectivity index is 1.63. The summed E-state index contributed by atoms with van der Waals surface area (Å²) in [5.41, 5.74) is 1.76. The average Bonchev–Trinajstić information content (AvgIpc) is 2.70. The molecule has 0 radical (unpaired) electrons. The summed E-state index contributed by atoms with van der Waals surface area (Å²) in [6, 6.07) is 12.4. The monoisotopic (exact) mass is 386 g/mol. The topological polar surface area (TPSA) is 50.3 Å². The van der Waals surface area contributed by atoms with Crippen LogP contribution in [-0.4, -0.2) is 47.7 Å². The average molecular weight is 387 g/mol. The number of anilines is 1. The standard InChI is InChI=1S/C20H20ClFN4O/c21-17-4-2-1-3-15(17)19(26-7-9-27-10-8-26)12-23-20-16-11-14(22)5-6-18(16)24-13-25-20/h1-6,11,13,19H,7-10,12H2,(H,23,24,25). The number of hydrogen-bond donors (Lipinski definition) is 1. The van der Waals surface area contributed by atoms with Crippen molar-refractivity contribution >= 4 is 28.3 Å². The van der Waals surface area contributed by atoms with Crippen molar-refractivity contribution in [1.82, 2.24) is 14.9 Å². The smallest absolute Gasteiger partial charge is 0.137 e. The third-order valence-corrected chi connectivity index (χ3v) is 5.16. The first-order valence-corrected chi connectivity index (χ1v) is 9.30. The Hall–Kier alpha value is -2.28. The van der Waals surface area contributed by atoms with E-state index in [-0.39, 0.29) is 11.9 Å². The summed E-state index contributed by atoms with van der Waals surface area (Å²) in [5, 5.41) is 4.77. The maximum Gasteiger partial charge on any atom is 0.137 e. The van der Waals surface area contributed by atoms with Gasteiger partial charge in [0.05, 0.1) is 24.8 Å². The van der Waals surface area contributed by atoms with E-state index in [0.29, 0.717) is 36.5 Å². The minimum absolute atomic E-state index is 0.0566. The second kappa shape index (κ2) is 8.17. The first-order chi connectivity index (χ1) is 13.2. The van der Waals surface area contributed by atoms with Gasteiger partial charge < -0.3 is 10.1 Å². The molecule has 1 atom stereocenters. The van der Waals surface area contributed by atoms with Crippen LogP contribution in [0.5, 0.6) is 0 Å². The van der Waals surface area contributed by atoms with Crippen LogP contribution in [0.4, 0.5) is 10.2 Å². The number of rotatable bonds is 5. The van der Waals surface area contributed by atoms with E-state index in [1.165, 1.54) is 18.5 Å². The van der Waals surface area contributed by atoms with Crippen LogP contribution in [0.25, 0.3) is 10.9 Å². The molecule has 5 nitrogen and oxygen atoms in total. The van der Waals surface area contributed by atoms with Crippen LogP contribution in [-0.2, 0) is 4.74 Å². The van der Waals surface area contributed by atoms with Gasteiger partial charge in [0.15, 0.2) is 0 Å². The minimum Gasteiger partial charge on any atom is -0.379 e. The molecule has 1 fully saturated rings. The lowest BCUT2D eigenvalue weighted by atomic mass is 10.0. The largest absolute Gasteiger partial charge is 0.379 e. The fourth-order valence-electron chi connectivity index (χ4n) is 3.43. The number of hydrogen-bond acceptors (Lipinski definition) is 5. The van der Waals surface area contributed by atoms with Gasteiger partial charge in [-0.2, -0.15) is 0 Å². The molecule has 2 aromatic carbocycles. The molecule has 3 aromatic rings. The fourth-order valence-corrected chi connectivity index (χ4v) is 3.69. The van der Waals surface area contributed by atoms with E-state index in [4.69, 9.17) is 16.3 Å². The van der Waals surface area contributed by atoms with E-state index >= 15 is 0 Å². The number of aromatic nitrogens is 2. The maximum absolute atomic E-state index is 13.7. The molecule has 2 heterocycles. The molecule has 1 N–H and O–H groups in total. The van der Waals surface area contributed by atoms with Gasteiger partial charge >= 0.3 is 0 Å². The molecule has 0 amide bonds. The maximum atomic E-state index is 13.7. The Morgan fingerprint density at radius 2 is 1.96 bits per heavy atom. The third-order valence-electron chi connectivity index (χ3n) is 4.81. The van der Waals surface area contributed by atoms with Gasteiger partial charge in [-0.1, -0.05) is 29.8 Å². The van der Waals surface area contributed by atoms with Crippen LogP contribution in [0.15, 0.2) is 48.8 Å². The molecule has 1 aliphatic rings. The quantitative estimate of drug-likeness (QED) is 0.720. The molecule has 1 saturated heterocycles. The van der Waals surface area contributed by atoms with Crippen LogP contribution >= 0.6 is 11.6 Å². The van der Waals surface area contributed by atoms with Crippen LogP contribution in [0, 0.1) is 5.82 Å². The molecule has 7 heteroatoms. The molecular formula is C20H20ClFN4O. The number of halogens is 2. The highest BCUT2D eigenvalue weighted by atomic mass is 35.5. The molecule has 140 valence electrons. The van der Waals surface area contributed by atoms with Gasteiger partial charge in [-0.05, 0) is 29.8 Å². The van der Waals surface area contributed by atoms with E-state index in [1.54, 1.807) is 6.07 Å². The highest BCUT2D eigenvalue weighted by molar-refractivity contribution is 6.31. The highest BCUT2D eigenvalue weighted by Gasteiger charge is 2.24. The third kappa shape index (κ3) is 4.03. The predicted octanol–water partition coefficient (Wildman–Crippen LogP) is 3.91. The van der Waals surface area contributed by atoms with E-state index in [0.717, 1.165) is 23.7 Å². The molecule has 4 rings (SSSR count). The SMILES string of the molecule is Fc1ccc2ncnc(NCC(c3ccccc3Cl)N3CCOCC3)c2c1. The number of nitrogens with one attached hydrogen (secondary N) is 1. The molecule has 0 spiro atoms. The summed E-state index contributed by atoms with van der Waals surface area (Å²) in [4.78, 5) is 10.9. The summed E-state index contributed by atoms with van der Waals surface area (Å²) < 4.78 is 19.2. The van der Waals surface area contributed by atoms with E-state index in [9.17, 15) is 4.39 Å². The number of nitrogens with zero attached hydrogens (tertiary/aromatic N) is 3. The minimum atomic E-state index is -0.309. The van der Waals surface area contributed by atoms with Crippen molar-refractivity contribution in [3.63, 3.8) is 0 Å². The molecule has 1 unspecified atom stereocenters. The van der Waals surface area contributed by atoms with Crippen molar-refractivity contribution < 1.29 is 9.13 Å². The van der Waals surface area contributed by atoms with Gasteiger partial charge in [0.2, 0.25) is 0 Å². The zero-order valence-corrected chi connectivity index (χ0v) is 15.5. The molecular weight excluding hydrogens is 367 g/mol. The van der Waals surface area contributed by atoms with Gasteiger partial charge in [-0.15, -0.1) is 0 Å².